The fourth-order valence-electron chi connectivity index (χ4n) is 3.15. The van der Waals surface area contributed by atoms with E-state index in [1.54, 1.807) is 25.8 Å². The molecule has 34 heavy (non-hydrogen) atoms. The Morgan fingerprint density at radius 1 is 1.15 bits per heavy atom. The number of alkyl halides is 3. The molecule has 1 aliphatic heterocycles. The predicted octanol–water partition coefficient (Wildman–Crippen LogP) is 5.06. The summed E-state index contributed by atoms with van der Waals surface area (Å²) in [4.78, 5) is 20.7. The van der Waals surface area contributed by atoms with Gasteiger partial charge in [0.15, 0.2) is 0 Å². The van der Waals surface area contributed by atoms with E-state index < -0.39 is 32.0 Å². The van der Waals surface area contributed by atoms with Crippen molar-refractivity contribution in [3.05, 3.63) is 40.3 Å². The molecule has 8 nitrogen and oxygen atoms in total. The number of piperidine rings is 1. The first-order chi connectivity index (χ1) is 15.7. The molecule has 1 aromatic carbocycles. The molecule has 0 amide bonds. The van der Waals surface area contributed by atoms with Gasteiger partial charge < -0.3 is 14.3 Å². The van der Waals surface area contributed by atoms with Gasteiger partial charge in [0.25, 0.3) is 9.84 Å². The van der Waals surface area contributed by atoms with Crippen LogP contribution in [-0.2, 0) is 26.0 Å². The zero-order valence-electron chi connectivity index (χ0n) is 18.8. The molecule has 0 unspecified atom stereocenters. The van der Waals surface area contributed by atoms with Crippen molar-refractivity contribution < 1.29 is 40.7 Å². The fourth-order valence-corrected chi connectivity index (χ4v) is 4.89. The zero-order valence-corrected chi connectivity index (χ0v) is 20.4. The maximum Gasteiger partial charge on any atom is 0.528 e. The molecule has 1 aromatic heterocycles. The normalized spacial score (nSPS) is 16.3. The van der Waals surface area contributed by atoms with Crippen LogP contribution in [0.2, 0.25) is 0 Å². The molecule has 13 heteroatoms. The number of aromatic nitrogens is 1. The Bertz CT molecular complexity index is 1090. The van der Waals surface area contributed by atoms with Crippen LogP contribution in [0.15, 0.2) is 34.5 Å². The van der Waals surface area contributed by atoms with Crippen LogP contribution in [0.4, 0.5) is 18.0 Å². The maximum absolute atomic E-state index is 12.6. The van der Waals surface area contributed by atoms with E-state index in [0.717, 1.165) is 30.0 Å². The summed E-state index contributed by atoms with van der Waals surface area (Å²) >= 11 is 1.48. The number of hydrogen-bond donors (Lipinski definition) is 0. The number of carbonyl (C=O) groups excluding carboxylic acids is 1. The number of carbonyl (C=O) groups is 1. The Balaban J connectivity index is 1.49. The first-order valence-electron chi connectivity index (χ1n) is 10.4. The lowest BCUT2D eigenvalue weighted by Crippen LogP contribution is -2.37. The number of hydroxylamine groups is 2. The van der Waals surface area contributed by atoms with E-state index in [1.165, 1.54) is 23.5 Å². The smallest absolute Gasteiger partial charge is 0.487 e. The first kappa shape index (κ1) is 26.2. The van der Waals surface area contributed by atoms with Crippen molar-refractivity contribution in [1.29, 1.82) is 0 Å². The lowest BCUT2D eigenvalue weighted by atomic mass is 9.99. The van der Waals surface area contributed by atoms with Crippen molar-refractivity contribution in [2.24, 2.45) is 0 Å². The maximum atomic E-state index is 12.6. The van der Waals surface area contributed by atoms with E-state index in [-0.39, 0.29) is 18.3 Å². The Kier molecular flexibility index (Phi) is 7.78. The lowest BCUT2D eigenvalue weighted by molar-refractivity contribution is -0.152. The van der Waals surface area contributed by atoms with Gasteiger partial charge in [0.1, 0.15) is 18.0 Å². The van der Waals surface area contributed by atoms with Gasteiger partial charge in [-0.25, -0.2) is 18.2 Å². The molecule has 0 aliphatic carbocycles. The summed E-state index contributed by atoms with van der Waals surface area (Å²) in [6.45, 7) is 6.46. The van der Waals surface area contributed by atoms with Crippen LogP contribution < -0.4 is 4.74 Å². The van der Waals surface area contributed by atoms with E-state index in [2.05, 4.69) is 4.98 Å². The van der Waals surface area contributed by atoms with Crippen molar-refractivity contribution >= 4 is 27.3 Å². The third-order valence-electron chi connectivity index (χ3n) is 4.79. The minimum atomic E-state index is -5.39. The molecule has 2 heterocycles. The molecule has 0 radical (unpaired) electrons. The predicted molar refractivity (Wildman–Crippen MR) is 117 cm³/mol. The van der Waals surface area contributed by atoms with Crippen molar-refractivity contribution in [2.45, 2.75) is 62.1 Å². The third kappa shape index (κ3) is 6.83. The van der Waals surface area contributed by atoms with Gasteiger partial charge in [-0.2, -0.15) is 13.2 Å². The molecule has 0 spiro atoms. The molecule has 0 atom stereocenters. The van der Waals surface area contributed by atoms with Crippen LogP contribution in [-0.4, -0.2) is 48.8 Å². The largest absolute Gasteiger partial charge is 0.528 e. The van der Waals surface area contributed by atoms with Crippen LogP contribution in [0, 0.1) is 0 Å². The van der Waals surface area contributed by atoms with Crippen molar-refractivity contribution in [1.82, 2.24) is 10.0 Å². The molecule has 0 bridgehead atoms. The van der Waals surface area contributed by atoms with Gasteiger partial charge >= 0.3 is 11.7 Å². The minimum Gasteiger partial charge on any atom is -0.487 e. The van der Waals surface area contributed by atoms with E-state index >= 15 is 0 Å². The van der Waals surface area contributed by atoms with Crippen LogP contribution in [0.1, 0.15) is 50.2 Å². The number of rotatable bonds is 6. The van der Waals surface area contributed by atoms with Crippen molar-refractivity contribution in [2.75, 3.05) is 13.1 Å². The Labute approximate surface area is 199 Å². The second-order valence-electron chi connectivity index (χ2n) is 8.65. The Morgan fingerprint density at radius 2 is 1.76 bits per heavy atom. The summed E-state index contributed by atoms with van der Waals surface area (Å²) < 4.78 is 71.4. The molecule has 3 rings (SSSR count). The number of benzene rings is 1. The molecule has 2 aromatic rings. The van der Waals surface area contributed by atoms with Crippen LogP contribution >= 0.6 is 11.3 Å². The second kappa shape index (κ2) is 10.1. The molecule has 0 saturated carbocycles. The summed E-state index contributed by atoms with van der Waals surface area (Å²) in [5, 5.41) is 4.33. The van der Waals surface area contributed by atoms with Gasteiger partial charge in [-0.15, -0.1) is 16.4 Å². The Morgan fingerprint density at radius 3 is 2.32 bits per heavy atom. The molecule has 0 N–H and O–H groups in total. The number of halogens is 3. The highest BCUT2D eigenvalue weighted by Gasteiger charge is 2.46. The molecule has 1 saturated heterocycles. The monoisotopic (exact) mass is 522 g/mol. The quantitative estimate of drug-likeness (QED) is 0.486. The molecular weight excluding hydrogens is 497 g/mol. The van der Waals surface area contributed by atoms with Crippen molar-refractivity contribution in [3.8, 4) is 5.75 Å². The highest BCUT2D eigenvalue weighted by atomic mass is 32.2. The standard InChI is InChI=1S/C21H25F3N2O6S2/c1-20(2,3)31-19(27)32-26-10-8-14(9-11-26)18-25-15(13-33-18)12-30-16-4-6-17(7-5-16)34(28,29)21(22,23)24/h4-7,13-14H,8-12H2,1-3H3. The lowest BCUT2D eigenvalue weighted by Gasteiger charge is -2.30. The average molecular weight is 523 g/mol. The number of ether oxygens (including phenoxy) is 2. The summed E-state index contributed by atoms with van der Waals surface area (Å²) in [5.74, 6) is 0.423. The summed E-state index contributed by atoms with van der Waals surface area (Å²) in [5.41, 5.74) is -5.33. The SMILES string of the molecule is CC(C)(C)OC(=O)ON1CCC(c2nc(COc3ccc(S(=O)(=O)C(F)(F)F)cc3)cs2)CC1. The number of nitrogens with zero attached hydrogens (tertiary/aromatic N) is 2. The van der Waals surface area contributed by atoms with Crippen LogP contribution in [0.3, 0.4) is 0 Å². The van der Waals surface area contributed by atoms with Gasteiger partial charge in [-0.3, -0.25) is 0 Å². The second-order valence-corrected chi connectivity index (χ2v) is 11.5. The topological polar surface area (TPSA) is 95.0 Å². The Hall–Kier alpha value is -2.38. The zero-order chi connectivity index (χ0) is 25.1. The summed E-state index contributed by atoms with van der Waals surface area (Å²) in [6.07, 6.45) is 0.751. The van der Waals surface area contributed by atoms with Gasteiger partial charge in [-0.1, -0.05) is 0 Å². The van der Waals surface area contributed by atoms with Gasteiger partial charge in [0.05, 0.1) is 15.6 Å². The highest BCUT2D eigenvalue weighted by Crippen LogP contribution is 2.32. The van der Waals surface area contributed by atoms with Crippen molar-refractivity contribution in [3.63, 3.8) is 0 Å². The summed E-state index contributed by atoms with van der Waals surface area (Å²) in [6, 6.07) is 4.06. The third-order valence-corrected chi connectivity index (χ3v) is 7.35. The molecular formula is C21H25F3N2O6S2. The molecule has 188 valence electrons. The average Bonchev–Trinajstić information content (AvgIpc) is 3.20. The van der Waals surface area contributed by atoms with E-state index in [4.69, 9.17) is 14.3 Å². The van der Waals surface area contributed by atoms with Crippen LogP contribution in [0.5, 0.6) is 5.75 Å². The van der Waals surface area contributed by atoms with E-state index in [9.17, 15) is 26.4 Å². The highest BCUT2D eigenvalue weighted by molar-refractivity contribution is 7.92. The number of sulfone groups is 1. The fraction of sp³-hybridized carbons (Fsp3) is 0.524. The molecule has 1 fully saturated rings. The minimum absolute atomic E-state index is 0.0858. The van der Waals surface area contributed by atoms with Gasteiger partial charge in [0, 0.05) is 24.4 Å². The van der Waals surface area contributed by atoms with E-state index in [1.807, 2.05) is 5.38 Å². The van der Waals surface area contributed by atoms with E-state index in [0.29, 0.717) is 18.8 Å². The van der Waals surface area contributed by atoms with Gasteiger partial charge in [-0.05, 0) is 57.9 Å². The van der Waals surface area contributed by atoms with Crippen LogP contribution in [0.25, 0.3) is 0 Å². The number of thiazole rings is 1. The molecule has 1 aliphatic rings. The first-order valence-corrected chi connectivity index (χ1v) is 12.8. The van der Waals surface area contributed by atoms with Gasteiger partial charge in [0.2, 0.25) is 0 Å². The number of hydrogen-bond acceptors (Lipinski definition) is 9. The summed E-state index contributed by atoms with van der Waals surface area (Å²) in [7, 11) is -5.39.